The van der Waals surface area contributed by atoms with Crippen LogP contribution in [0.2, 0.25) is 0 Å². The van der Waals surface area contributed by atoms with Crippen LogP contribution in [0, 0.1) is 38.5 Å². The van der Waals surface area contributed by atoms with E-state index in [1.54, 1.807) is 23.7 Å². The van der Waals surface area contributed by atoms with Gasteiger partial charge in [0.1, 0.15) is 23.1 Å². The molecule has 11 nitrogen and oxygen atoms in total. The second-order valence-corrected chi connectivity index (χ2v) is 12.8. The Morgan fingerprint density at radius 2 is 1.87 bits per heavy atom. The molecule has 1 aromatic carbocycles. The van der Waals surface area contributed by atoms with Gasteiger partial charge in [-0.1, -0.05) is 12.2 Å². The molecule has 2 aliphatic carbocycles. The maximum atomic E-state index is 13.8. The molecule has 2 fully saturated rings. The summed E-state index contributed by atoms with van der Waals surface area (Å²) in [5.41, 5.74) is 2.00. The Bertz CT molecular complexity index is 1700. The summed E-state index contributed by atoms with van der Waals surface area (Å²) >= 11 is 0. The molecule has 5 atom stereocenters. The molecule has 0 saturated heterocycles. The normalized spacial score (nSPS) is 27.0. The summed E-state index contributed by atoms with van der Waals surface area (Å²) in [6.45, 7) is 6.42. The molecule has 0 bridgehead atoms. The van der Waals surface area contributed by atoms with E-state index in [2.05, 4.69) is 10.4 Å². The zero-order valence-electron chi connectivity index (χ0n) is 26.5. The second kappa shape index (κ2) is 11.8. The number of carbonyl (C=O) groups is 3. The quantitative estimate of drug-likeness (QED) is 0.406. The Morgan fingerprint density at radius 1 is 1.09 bits per heavy atom. The topological polar surface area (TPSA) is 136 Å². The highest BCUT2D eigenvalue weighted by atomic mass is 16.5. The van der Waals surface area contributed by atoms with Crippen molar-refractivity contribution in [2.24, 2.45) is 17.8 Å². The molecule has 5 unspecified atom stereocenters. The first-order valence-electron chi connectivity index (χ1n) is 15.7. The molecule has 3 aliphatic rings. The van der Waals surface area contributed by atoms with Crippen LogP contribution in [0.15, 0.2) is 36.4 Å². The van der Waals surface area contributed by atoms with Crippen LogP contribution in [0.3, 0.4) is 0 Å². The van der Waals surface area contributed by atoms with Crippen molar-refractivity contribution >= 4 is 28.7 Å². The number of hydrogen-bond donors (Lipinski definition) is 2. The van der Waals surface area contributed by atoms with Crippen LogP contribution in [0.4, 0.5) is 0 Å². The lowest BCUT2D eigenvalue weighted by Crippen LogP contribution is -2.49. The fourth-order valence-electron chi connectivity index (χ4n) is 7.02. The van der Waals surface area contributed by atoms with Crippen molar-refractivity contribution in [3.63, 3.8) is 0 Å². The first-order valence-corrected chi connectivity index (χ1v) is 15.7. The molecule has 2 aromatic heterocycles. The van der Waals surface area contributed by atoms with E-state index in [4.69, 9.17) is 14.5 Å². The number of carboxylic acid groups (broad SMARTS) is 1. The summed E-state index contributed by atoms with van der Waals surface area (Å²) < 4.78 is 14.0. The fourth-order valence-corrected chi connectivity index (χ4v) is 7.02. The molecule has 0 radical (unpaired) electrons. The lowest BCUT2D eigenvalue weighted by atomic mass is 9.93. The molecule has 0 spiro atoms. The van der Waals surface area contributed by atoms with Crippen LogP contribution in [0.1, 0.15) is 55.5 Å². The summed E-state index contributed by atoms with van der Waals surface area (Å²) in [6, 6.07) is 7.60. The number of fused-ring (bicyclic) bond motifs is 3. The molecule has 45 heavy (non-hydrogen) atoms. The maximum Gasteiger partial charge on any atom is 0.330 e. The Labute approximate surface area is 262 Å². The highest BCUT2D eigenvalue weighted by Gasteiger charge is 2.61. The van der Waals surface area contributed by atoms with Crippen LogP contribution < -0.4 is 14.8 Å². The van der Waals surface area contributed by atoms with E-state index in [1.165, 1.54) is 0 Å². The molecule has 11 heteroatoms. The molecule has 2 N–H and O–H groups in total. The van der Waals surface area contributed by atoms with Gasteiger partial charge in [0.15, 0.2) is 5.82 Å². The standard InChI is InChI=1S/C34H41N5O6/c1-19-14-20(2)39(37-19)29-17-28(24-11-12-27(44-5)21(3)30(24)35-29)45-23-15-25-26(16-23)32(41)38(4)13-9-7-6-8-10-22-18-34(22,33(42)43)36-31(25)40/h8,10-12,14,17,22-23,25-26H,6-7,9,13,15-16,18H2,1-5H3,(H,36,40)(H,42,43). The minimum Gasteiger partial charge on any atom is -0.496 e. The molecule has 1 aliphatic heterocycles. The predicted molar refractivity (Wildman–Crippen MR) is 168 cm³/mol. The first kappa shape index (κ1) is 30.6. The Balaban J connectivity index is 1.36. The van der Waals surface area contributed by atoms with Gasteiger partial charge in [-0.3, -0.25) is 9.59 Å². The van der Waals surface area contributed by atoms with Gasteiger partial charge >= 0.3 is 5.97 Å². The van der Waals surface area contributed by atoms with Crippen LogP contribution in [-0.4, -0.2) is 74.9 Å². The van der Waals surface area contributed by atoms with Crippen molar-refractivity contribution in [1.82, 2.24) is 25.0 Å². The summed E-state index contributed by atoms with van der Waals surface area (Å²) in [5.74, 6) is -1.34. The van der Waals surface area contributed by atoms with Gasteiger partial charge in [-0.05, 0) is 77.5 Å². The van der Waals surface area contributed by atoms with Gasteiger partial charge in [0.05, 0.1) is 30.2 Å². The SMILES string of the molecule is COc1ccc2c(OC3CC4C(=O)NC5(C(=O)O)CC5C=CCCCCN(C)C(=O)C4C3)cc(-n3nc(C)cc3C)nc2c1C. The molecule has 3 aromatic rings. The number of amides is 2. The third-order valence-corrected chi connectivity index (χ3v) is 9.65. The van der Waals surface area contributed by atoms with Gasteiger partial charge in [-0.2, -0.15) is 5.10 Å². The third kappa shape index (κ3) is 5.64. The van der Waals surface area contributed by atoms with Crippen LogP contribution in [0.25, 0.3) is 16.7 Å². The predicted octanol–water partition coefficient (Wildman–Crippen LogP) is 4.29. The van der Waals surface area contributed by atoms with Crippen LogP contribution in [-0.2, 0) is 14.4 Å². The monoisotopic (exact) mass is 615 g/mol. The number of aromatic nitrogens is 3. The van der Waals surface area contributed by atoms with Gasteiger partial charge in [0.2, 0.25) is 11.8 Å². The van der Waals surface area contributed by atoms with Crippen LogP contribution in [0.5, 0.6) is 11.5 Å². The number of ether oxygens (including phenoxy) is 2. The summed E-state index contributed by atoms with van der Waals surface area (Å²) in [4.78, 5) is 46.5. The number of benzene rings is 1. The fraction of sp³-hybridized carbons (Fsp3) is 0.500. The number of aliphatic carboxylic acids is 1. The molecule has 238 valence electrons. The van der Waals surface area contributed by atoms with Crippen molar-refractivity contribution in [1.29, 1.82) is 0 Å². The van der Waals surface area contributed by atoms with Gasteiger partial charge in [0.25, 0.3) is 0 Å². The highest BCUT2D eigenvalue weighted by Crippen LogP contribution is 2.47. The largest absolute Gasteiger partial charge is 0.496 e. The van der Waals surface area contributed by atoms with Crippen molar-refractivity contribution < 1.29 is 29.0 Å². The van der Waals surface area contributed by atoms with Crippen molar-refractivity contribution in [2.75, 3.05) is 20.7 Å². The van der Waals surface area contributed by atoms with E-state index in [1.807, 2.05) is 57.2 Å². The molecule has 6 rings (SSSR count). The molecule has 2 amide bonds. The van der Waals surface area contributed by atoms with Crippen LogP contribution >= 0.6 is 0 Å². The van der Waals surface area contributed by atoms with E-state index in [9.17, 15) is 19.5 Å². The first-order chi connectivity index (χ1) is 21.5. The number of nitrogens with zero attached hydrogens (tertiary/aromatic N) is 4. The van der Waals surface area contributed by atoms with Crippen molar-refractivity contribution in [3.05, 3.63) is 53.4 Å². The van der Waals surface area contributed by atoms with E-state index < -0.39 is 35.4 Å². The number of methoxy groups -OCH3 is 1. The molecule has 3 heterocycles. The summed E-state index contributed by atoms with van der Waals surface area (Å²) in [7, 11) is 3.39. The summed E-state index contributed by atoms with van der Waals surface area (Å²) in [6.07, 6.45) is 6.92. The van der Waals surface area contributed by atoms with E-state index >= 15 is 0 Å². The smallest absolute Gasteiger partial charge is 0.330 e. The Morgan fingerprint density at radius 3 is 2.58 bits per heavy atom. The molecule has 2 saturated carbocycles. The van der Waals surface area contributed by atoms with Gasteiger partial charge in [-0.25, -0.2) is 14.5 Å². The zero-order chi connectivity index (χ0) is 32.0. The van der Waals surface area contributed by atoms with Crippen molar-refractivity contribution in [3.8, 4) is 17.3 Å². The number of hydrogen-bond acceptors (Lipinski definition) is 7. The lowest BCUT2D eigenvalue weighted by Gasteiger charge is -2.26. The molecular formula is C34H41N5O6. The number of carbonyl (C=O) groups excluding carboxylic acids is 2. The van der Waals surface area contributed by atoms with E-state index in [-0.39, 0.29) is 18.2 Å². The lowest BCUT2D eigenvalue weighted by molar-refractivity contribution is -0.145. The minimum absolute atomic E-state index is 0.117. The Kier molecular flexibility index (Phi) is 8.05. The van der Waals surface area contributed by atoms with Crippen molar-refractivity contribution in [2.45, 2.75) is 70.9 Å². The number of pyridine rings is 1. The average Bonchev–Trinajstić information content (AvgIpc) is 3.35. The highest BCUT2D eigenvalue weighted by molar-refractivity contribution is 5.94. The minimum atomic E-state index is -1.33. The number of carboxylic acids is 1. The van der Waals surface area contributed by atoms with Gasteiger partial charge < -0.3 is 24.8 Å². The summed E-state index contributed by atoms with van der Waals surface area (Å²) in [5, 5.41) is 18.3. The number of allylic oxidation sites excluding steroid dienone is 1. The average molecular weight is 616 g/mol. The number of aryl methyl sites for hydroxylation is 3. The van der Waals surface area contributed by atoms with Gasteiger partial charge in [-0.15, -0.1) is 0 Å². The maximum absolute atomic E-state index is 13.8. The van der Waals surface area contributed by atoms with Gasteiger partial charge in [0, 0.05) is 42.2 Å². The second-order valence-electron chi connectivity index (χ2n) is 12.8. The van der Waals surface area contributed by atoms with E-state index in [0.717, 1.165) is 41.6 Å². The third-order valence-electron chi connectivity index (χ3n) is 9.65. The molecular weight excluding hydrogens is 574 g/mol. The zero-order valence-corrected chi connectivity index (χ0v) is 26.5. The Hall–Kier alpha value is -4.41. The number of nitrogens with one attached hydrogen (secondary N) is 1. The van der Waals surface area contributed by atoms with E-state index in [0.29, 0.717) is 42.2 Å². The number of rotatable bonds is 5.